The zero-order chi connectivity index (χ0) is 13.3. The lowest BCUT2D eigenvalue weighted by Gasteiger charge is -2.03. The summed E-state index contributed by atoms with van der Waals surface area (Å²) in [5.41, 5.74) is 0.383. The van der Waals surface area contributed by atoms with Crippen LogP contribution in [0.15, 0.2) is 30.3 Å². The van der Waals surface area contributed by atoms with Crippen molar-refractivity contribution in [1.29, 1.82) is 0 Å². The van der Waals surface area contributed by atoms with Crippen LogP contribution in [0.25, 0.3) is 0 Å². The van der Waals surface area contributed by atoms with Gasteiger partial charge in [0.15, 0.2) is 17.5 Å². The van der Waals surface area contributed by atoms with Crippen LogP contribution in [-0.4, -0.2) is 10.8 Å². The van der Waals surface area contributed by atoms with Gasteiger partial charge in [0, 0.05) is 11.3 Å². The molecule has 0 unspecified atom stereocenters. The number of carbonyl (C=O) groups is 1. The van der Waals surface area contributed by atoms with Gasteiger partial charge in [-0.1, -0.05) is 6.07 Å². The molecular weight excluding hydrogens is 243 g/mol. The van der Waals surface area contributed by atoms with E-state index in [4.69, 9.17) is 0 Å². The molecule has 0 aliphatic carbocycles. The standard InChI is InChI=1S/C13H8F3NO/c1-7-3-2-4-11(17-7)13(18)8-5-9(14)12(16)10(15)6-8/h2-6H,1H3. The van der Waals surface area contributed by atoms with Crippen LogP contribution in [-0.2, 0) is 0 Å². The second-order valence-corrected chi connectivity index (χ2v) is 3.75. The maximum absolute atomic E-state index is 13.0. The number of hydrogen-bond acceptors (Lipinski definition) is 2. The van der Waals surface area contributed by atoms with E-state index < -0.39 is 23.2 Å². The molecular formula is C13H8F3NO. The van der Waals surface area contributed by atoms with E-state index >= 15 is 0 Å². The van der Waals surface area contributed by atoms with Gasteiger partial charge in [0.05, 0.1) is 0 Å². The van der Waals surface area contributed by atoms with Gasteiger partial charge in [-0.3, -0.25) is 4.79 Å². The Balaban J connectivity index is 2.47. The topological polar surface area (TPSA) is 30.0 Å². The van der Waals surface area contributed by atoms with Crippen molar-refractivity contribution in [1.82, 2.24) is 4.98 Å². The van der Waals surface area contributed by atoms with E-state index in [-0.39, 0.29) is 11.3 Å². The number of aromatic nitrogens is 1. The van der Waals surface area contributed by atoms with Crippen molar-refractivity contribution in [2.45, 2.75) is 6.92 Å². The summed E-state index contributed by atoms with van der Waals surface area (Å²) in [6, 6.07) is 6.03. The molecule has 0 bridgehead atoms. The Morgan fingerprint density at radius 2 is 1.72 bits per heavy atom. The molecule has 0 N–H and O–H groups in total. The number of benzene rings is 1. The maximum atomic E-state index is 13.0. The Kier molecular flexibility index (Phi) is 3.14. The number of aryl methyl sites for hydroxylation is 1. The summed E-state index contributed by atoms with van der Waals surface area (Å²) >= 11 is 0. The summed E-state index contributed by atoms with van der Waals surface area (Å²) in [4.78, 5) is 15.8. The SMILES string of the molecule is Cc1cccc(C(=O)c2cc(F)c(F)c(F)c2)n1. The number of hydrogen-bond donors (Lipinski definition) is 0. The lowest BCUT2D eigenvalue weighted by molar-refractivity contribution is 0.103. The molecule has 5 heteroatoms. The van der Waals surface area contributed by atoms with Crippen LogP contribution in [0.4, 0.5) is 13.2 Å². The highest BCUT2D eigenvalue weighted by Crippen LogP contribution is 2.16. The highest BCUT2D eigenvalue weighted by atomic mass is 19.2. The van der Waals surface area contributed by atoms with Gasteiger partial charge in [0.25, 0.3) is 0 Å². The van der Waals surface area contributed by atoms with Gasteiger partial charge in [-0.05, 0) is 31.2 Å². The summed E-state index contributed by atoms with van der Waals surface area (Å²) in [6.45, 7) is 1.68. The zero-order valence-corrected chi connectivity index (χ0v) is 9.38. The van der Waals surface area contributed by atoms with Crippen LogP contribution in [0, 0.1) is 24.4 Å². The highest BCUT2D eigenvalue weighted by Gasteiger charge is 2.17. The van der Waals surface area contributed by atoms with Gasteiger partial charge in [0.1, 0.15) is 5.69 Å². The second-order valence-electron chi connectivity index (χ2n) is 3.75. The molecule has 0 aliphatic rings. The van der Waals surface area contributed by atoms with Crippen molar-refractivity contribution < 1.29 is 18.0 Å². The third kappa shape index (κ3) is 2.25. The van der Waals surface area contributed by atoms with Crippen molar-refractivity contribution >= 4 is 5.78 Å². The maximum Gasteiger partial charge on any atom is 0.211 e. The molecule has 0 aliphatic heterocycles. The van der Waals surface area contributed by atoms with Crippen LogP contribution in [0.3, 0.4) is 0 Å². The van der Waals surface area contributed by atoms with Crippen molar-refractivity contribution in [3.05, 3.63) is 64.7 Å². The smallest absolute Gasteiger partial charge is 0.211 e. The molecule has 0 spiro atoms. The fourth-order valence-electron chi connectivity index (χ4n) is 1.50. The van der Waals surface area contributed by atoms with Crippen LogP contribution < -0.4 is 0 Å². The van der Waals surface area contributed by atoms with Gasteiger partial charge in [-0.25, -0.2) is 18.2 Å². The summed E-state index contributed by atoms with van der Waals surface area (Å²) in [7, 11) is 0. The Morgan fingerprint density at radius 3 is 2.28 bits per heavy atom. The first-order chi connectivity index (χ1) is 8.49. The summed E-state index contributed by atoms with van der Waals surface area (Å²) in [5.74, 6) is -5.04. The average molecular weight is 251 g/mol. The third-order valence-electron chi connectivity index (χ3n) is 2.37. The third-order valence-corrected chi connectivity index (χ3v) is 2.37. The van der Waals surface area contributed by atoms with Gasteiger partial charge in [-0.2, -0.15) is 0 Å². The van der Waals surface area contributed by atoms with Crippen molar-refractivity contribution in [3.8, 4) is 0 Å². The molecule has 0 saturated carbocycles. The van der Waals surface area contributed by atoms with Gasteiger partial charge >= 0.3 is 0 Å². The predicted molar refractivity (Wildman–Crippen MR) is 58.7 cm³/mol. The molecule has 1 aromatic carbocycles. The van der Waals surface area contributed by atoms with Gasteiger partial charge in [0.2, 0.25) is 5.78 Å². The minimum absolute atomic E-state index is 0.0559. The quantitative estimate of drug-likeness (QED) is 0.606. The predicted octanol–water partition coefficient (Wildman–Crippen LogP) is 3.04. The molecule has 0 saturated heterocycles. The number of carbonyl (C=O) groups excluding carboxylic acids is 1. The highest BCUT2D eigenvalue weighted by molar-refractivity contribution is 6.07. The molecule has 1 heterocycles. The average Bonchev–Trinajstić information content (AvgIpc) is 2.34. The molecule has 2 rings (SSSR count). The Hall–Kier alpha value is -2.17. The molecule has 1 aromatic heterocycles. The molecule has 0 amide bonds. The number of nitrogens with zero attached hydrogens (tertiary/aromatic N) is 1. The number of ketones is 1. The normalized spacial score (nSPS) is 10.4. The van der Waals surface area contributed by atoms with E-state index in [9.17, 15) is 18.0 Å². The van der Waals surface area contributed by atoms with Crippen LogP contribution in [0.2, 0.25) is 0 Å². The Labute approximate surface area is 101 Å². The minimum atomic E-state index is -1.59. The number of rotatable bonds is 2. The molecule has 0 fully saturated rings. The minimum Gasteiger partial charge on any atom is -0.287 e. The van der Waals surface area contributed by atoms with Crippen molar-refractivity contribution in [2.24, 2.45) is 0 Å². The van der Waals surface area contributed by atoms with E-state index in [0.717, 1.165) is 0 Å². The van der Waals surface area contributed by atoms with E-state index in [2.05, 4.69) is 4.98 Å². The van der Waals surface area contributed by atoms with Crippen molar-refractivity contribution in [2.75, 3.05) is 0 Å². The van der Waals surface area contributed by atoms with Crippen molar-refractivity contribution in [3.63, 3.8) is 0 Å². The van der Waals surface area contributed by atoms with Crippen LogP contribution in [0.1, 0.15) is 21.7 Å². The summed E-state index contributed by atoms with van der Waals surface area (Å²) in [5, 5.41) is 0. The summed E-state index contributed by atoms with van der Waals surface area (Å²) < 4.78 is 38.8. The Morgan fingerprint density at radius 1 is 1.11 bits per heavy atom. The molecule has 2 nitrogen and oxygen atoms in total. The molecule has 92 valence electrons. The van der Waals surface area contributed by atoms with Crippen LogP contribution in [0.5, 0.6) is 0 Å². The van der Waals surface area contributed by atoms with E-state index in [1.54, 1.807) is 19.1 Å². The fourth-order valence-corrected chi connectivity index (χ4v) is 1.50. The van der Waals surface area contributed by atoms with Crippen LogP contribution >= 0.6 is 0 Å². The lowest BCUT2D eigenvalue weighted by atomic mass is 10.1. The molecule has 18 heavy (non-hydrogen) atoms. The summed E-state index contributed by atoms with van der Waals surface area (Å²) in [6.07, 6.45) is 0. The second kappa shape index (κ2) is 4.60. The molecule has 0 atom stereocenters. The first-order valence-electron chi connectivity index (χ1n) is 5.12. The first kappa shape index (κ1) is 12.3. The molecule has 2 aromatic rings. The monoisotopic (exact) mass is 251 g/mol. The molecule has 0 radical (unpaired) electrons. The lowest BCUT2D eigenvalue weighted by Crippen LogP contribution is -2.07. The Bertz CT molecular complexity index is 602. The zero-order valence-electron chi connectivity index (χ0n) is 9.38. The largest absolute Gasteiger partial charge is 0.287 e. The number of pyridine rings is 1. The number of halogens is 3. The van der Waals surface area contributed by atoms with Gasteiger partial charge < -0.3 is 0 Å². The van der Waals surface area contributed by atoms with E-state index in [1.165, 1.54) is 6.07 Å². The van der Waals surface area contributed by atoms with E-state index in [1.807, 2.05) is 0 Å². The first-order valence-corrected chi connectivity index (χ1v) is 5.12. The van der Waals surface area contributed by atoms with Gasteiger partial charge in [-0.15, -0.1) is 0 Å². The van der Waals surface area contributed by atoms with E-state index in [0.29, 0.717) is 17.8 Å². The fraction of sp³-hybridized carbons (Fsp3) is 0.0769.